The smallest absolute Gasteiger partial charge is 0.152 e. The first-order valence-corrected chi connectivity index (χ1v) is 1.40. The minimum Gasteiger partial charge on any atom is -0.295 e. The van der Waals surface area contributed by atoms with Crippen molar-refractivity contribution < 1.29 is 55.7 Å². The van der Waals surface area contributed by atoms with Crippen LogP contribution in [0.1, 0.15) is 6.92 Å². The number of carbonyl (C=O) groups excluding carboxylic acids is 1. The number of ketones is 1. The molecule has 0 aromatic rings. The largest absolute Gasteiger partial charge is 0.295 e. The van der Waals surface area contributed by atoms with Crippen molar-refractivity contribution in [2.24, 2.45) is 0 Å². The molecule has 0 atom stereocenters. The van der Waals surface area contributed by atoms with E-state index in [-0.39, 0.29) is 56.7 Å². The van der Waals surface area contributed by atoms with Crippen molar-refractivity contribution >= 4 is 5.78 Å². The van der Waals surface area contributed by atoms with Gasteiger partial charge in [0.15, 0.2) is 5.78 Å². The summed E-state index contributed by atoms with van der Waals surface area (Å²) in [6.45, 7) is 4.68. The molecule has 0 aromatic heterocycles. The zero-order valence-corrected chi connectivity index (χ0v) is 7.58. The van der Waals surface area contributed by atoms with Crippen molar-refractivity contribution in [2.45, 2.75) is 6.92 Å². The summed E-state index contributed by atoms with van der Waals surface area (Å²) < 4.78 is 0. The molecule has 0 heterocycles. The van der Waals surface area contributed by atoms with E-state index in [0.29, 0.717) is 0 Å². The van der Waals surface area contributed by atoms with E-state index in [2.05, 4.69) is 6.58 Å². The van der Waals surface area contributed by atoms with E-state index in [1.807, 2.05) is 0 Å². The number of rotatable bonds is 1. The second-order valence-corrected chi connectivity index (χ2v) is 0.815. The predicted octanol–water partition coefficient (Wildman–Crippen LogP) is 0.754. The number of allylic oxidation sites excluding steroid dienone is 1. The molecule has 0 aromatic carbocycles. The van der Waals surface area contributed by atoms with Gasteiger partial charge in [-0.2, -0.15) is 0 Å². The fraction of sp³-hybridized carbons (Fsp3) is 0.250. The normalized spacial score (nSPS) is 4.12. The SMILES string of the molecule is C=CC(C)=O.[Co].[Fe].[Mn]. The van der Waals surface area contributed by atoms with Crippen LogP contribution in [0.25, 0.3) is 0 Å². The minimum absolute atomic E-state index is 0. The van der Waals surface area contributed by atoms with E-state index in [0.717, 1.165) is 0 Å². The van der Waals surface area contributed by atoms with Crippen LogP contribution in [-0.4, -0.2) is 5.78 Å². The maximum absolute atomic E-state index is 9.69. The molecule has 0 amide bonds. The molecule has 0 spiro atoms. The summed E-state index contributed by atoms with van der Waals surface area (Å²) in [6.07, 6.45) is 1.28. The summed E-state index contributed by atoms with van der Waals surface area (Å²) in [6, 6.07) is 0. The number of hydrogen-bond acceptors (Lipinski definition) is 1. The fourth-order valence-corrected chi connectivity index (χ4v) is 0. The maximum atomic E-state index is 9.69. The molecule has 0 fully saturated rings. The van der Waals surface area contributed by atoms with Gasteiger partial charge in [-0.25, -0.2) is 0 Å². The van der Waals surface area contributed by atoms with E-state index in [1.165, 1.54) is 13.0 Å². The summed E-state index contributed by atoms with van der Waals surface area (Å²) in [4.78, 5) is 9.69. The molecule has 0 aliphatic carbocycles. The van der Waals surface area contributed by atoms with E-state index in [1.54, 1.807) is 0 Å². The Bertz CT molecular complexity index is 67.1. The molecular formula is C4H6CoFeMnO. The Morgan fingerprint density at radius 2 is 1.75 bits per heavy atom. The molecule has 0 N–H and O–H groups in total. The minimum atomic E-state index is 0. The van der Waals surface area contributed by atoms with Crippen LogP contribution in [0.2, 0.25) is 0 Å². The molecule has 2 radical (unpaired) electrons. The van der Waals surface area contributed by atoms with E-state index < -0.39 is 0 Å². The van der Waals surface area contributed by atoms with Crippen LogP contribution in [0.5, 0.6) is 0 Å². The number of carbonyl (C=O) groups is 1. The van der Waals surface area contributed by atoms with Gasteiger partial charge in [-0.05, 0) is 13.0 Å². The van der Waals surface area contributed by atoms with Crippen LogP contribution in [0.3, 0.4) is 0 Å². The van der Waals surface area contributed by atoms with Crippen LogP contribution < -0.4 is 0 Å². The molecule has 0 saturated carbocycles. The maximum Gasteiger partial charge on any atom is 0.152 e. The Morgan fingerprint density at radius 1 is 1.62 bits per heavy atom. The third-order valence-electron chi connectivity index (χ3n) is 0.287. The molecule has 0 aliphatic rings. The second-order valence-electron chi connectivity index (χ2n) is 0.815. The first kappa shape index (κ1) is 23.1. The summed E-state index contributed by atoms with van der Waals surface area (Å²) in [7, 11) is 0. The summed E-state index contributed by atoms with van der Waals surface area (Å²) in [5.74, 6) is 0.0185. The topological polar surface area (TPSA) is 17.1 Å². The average Bonchev–Trinajstić information content (AvgIpc) is 1.38. The molecule has 0 unspecified atom stereocenters. The van der Waals surface area contributed by atoms with Gasteiger partial charge in [0.2, 0.25) is 0 Å². The van der Waals surface area contributed by atoms with Crippen LogP contribution in [0, 0.1) is 0 Å². The van der Waals surface area contributed by atoms with Crippen molar-refractivity contribution in [3.63, 3.8) is 0 Å². The van der Waals surface area contributed by atoms with Gasteiger partial charge in [-0.1, -0.05) is 6.58 Å². The molecule has 0 rings (SSSR count). The number of hydrogen-bond donors (Lipinski definition) is 0. The van der Waals surface area contributed by atoms with Crippen molar-refractivity contribution in [1.29, 1.82) is 0 Å². The Morgan fingerprint density at radius 3 is 1.75 bits per heavy atom. The molecule has 1 nitrogen and oxygen atoms in total. The van der Waals surface area contributed by atoms with Gasteiger partial charge in [0.25, 0.3) is 0 Å². The first-order valence-electron chi connectivity index (χ1n) is 1.40. The zero-order valence-electron chi connectivity index (χ0n) is 4.26. The predicted molar refractivity (Wildman–Crippen MR) is 20.9 cm³/mol. The van der Waals surface area contributed by atoms with Crippen molar-refractivity contribution in [2.75, 3.05) is 0 Å². The Balaban J connectivity index is -0.0000000267. The van der Waals surface area contributed by atoms with E-state index in [9.17, 15) is 4.79 Å². The molecule has 0 aliphatic heterocycles. The van der Waals surface area contributed by atoms with Gasteiger partial charge in [-0.15, -0.1) is 0 Å². The summed E-state index contributed by atoms with van der Waals surface area (Å²) in [5, 5.41) is 0. The van der Waals surface area contributed by atoms with Crippen LogP contribution in [0.4, 0.5) is 0 Å². The Hall–Kier alpha value is 0.955. The van der Waals surface area contributed by atoms with Crippen molar-refractivity contribution in [3.05, 3.63) is 12.7 Å². The average molecular weight is 240 g/mol. The fourth-order valence-electron chi connectivity index (χ4n) is 0. The van der Waals surface area contributed by atoms with Gasteiger partial charge >= 0.3 is 0 Å². The van der Waals surface area contributed by atoms with Gasteiger partial charge in [0, 0.05) is 50.9 Å². The third kappa shape index (κ3) is 28.2. The molecule has 4 heteroatoms. The van der Waals surface area contributed by atoms with Crippen LogP contribution in [0.15, 0.2) is 12.7 Å². The molecular weight excluding hydrogens is 234 g/mol. The third-order valence-corrected chi connectivity index (χ3v) is 0.287. The zero-order chi connectivity index (χ0) is 4.28. The molecule has 0 saturated heterocycles. The standard InChI is InChI=1S/C4H6O.Co.Fe.Mn/c1-3-4(2)5;;;/h3H,1H2,2H3;;;. The second kappa shape index (κ2) is 15.7. The Labute approximate surface area is 80.8 Å². The Kier molecular flexibility index (Phi) is 45.2. The summed E-state index contributed by atoms with van der Waals surface area (Å²) >= 11 is 0. The van der Waals surface area contributed by atoms with Gasteiger partial charge in [-0.3, -0.25) is 4.79 Å². The van der Waals surface area contributed by atoms with Crippen molar-refractivity contribution in [1.82, 2.24) is 0 Å². The van der Waals surface area contributed by atoms with Crippen LogP contribution >= 0.6 is 0 Å². The molecule has 0 bridgehead atoms. The van der Waals surface area contributed by atoms with Crippen LogP contribution in [-0.2, 0) is 55.7 Å². The van der Waals surface area contributed by atoms with Gasteiger partial charge in [0.05, 0.1) is 0 Å². The van der Waals surface area contributed by atoms with E-state index in [4.69, 9.17) is 0 Å². The molecule has 52 valence electrons. The summed E-state index contributed by atoms with van der Waals surface area (Å²) in [5.41, 5.74) is 0. The van der Waals surface area contributed by atoms with E-state index >= 15 is 0 Å². The van der Waals surface area contributed by atoms with Crippen molar-refractivity contribution in [3.8, 4) is 0 Å². The first-order chi connectivity index (χ1) is 2.27. The van der Waals surface area contributed by atoms with Gasteiger partial charge < -0.3 is 0 Å². The molecule has 8 heavy (non-hydrogen) atoms. The quantitative estimate of drug-likeness (QED) is 0.488. The monoisotopic (exact) mass is 240 g/mol. The van der Waals surface area contributed by atoms with Gasteiger partial charge in [0.1, 0.15) is 0 Å².